The average Bonchev–Trinajstić information content (AvgIpc) is 3.22. The van der Waals surface area contributed by atoms with Crippen LogP contribution in [0.25, 0.3) is 0 Å². The first-order valence-electron chi connectivity index (χ1n) is 19.4. The molecule has 2 amide bonds. The third-order valence-corrected chi connectivity index (χ3v) is 11.0. The van der Waals surface area contributed by atoms with Gasteiger partial charge in [0.1, 0.15) is 85.5 Å². The van der Waals surface area contributed by atoms with E-state index in [-0.39, 0.29) is 0 Å². The number of amides is 2. The predicted octanol–water partition coefficient (Wildman–Crippen LogP) is -11.0. The molecule has 0 aromatic carbocycles. The van der Waals surface area contributed by atoms with Crippen LogP contribution in [0.3, 0.4) is 0 Å². The molecule has 4 aliphatic rings. The van der Waals surface area contributed by atoms with E-state index in [4.69, 9.17) is 33.2 Å². The number of hydrogen-bond acceptors (Lipinski definition) is 25. The number of carboxylic acids is 2. The van der Waals surface area contributed by atoms with Crippen molar-refractivity contribution in [2.75, 3.05) is 26.4 Å². The normalized spacial score (nSPS) is 42.9. The van der Waals surface area contributed by atoms with Crippen LogP contribution in [0.4, 0.5) is 0 Å². The van der Waals surface area contributed by atoms with E-state index in [2.05, 4.69) is 10.6 Å². The molecule has 29 heteroatoms. The van der Waals surface area contributed by atoms with Crippen molar-refractivity contribution in [3.63, 3.8) is 0 Å². The minimum Gasteiger partial charge on any atom is -0.477 e. The van der Waals surface area contributed by atoms with Crippen LogP contribution in [0, 0.1) is 0 Å². The Labute approximate surface area is 355 Å². The minimum absolute atomic E-state index is 0.837. The van der Waals surface area contributed by atoms with Crippen LogP contribution in [-0.2, 0) is 52.3 Å². The number of carbonyl (C=O) groups excluding carboxylic acids is 2. The van der Waals surface area contributed by atoms with Gasteiger partial charge in [-0.25, -0.2) is 9.59 Å². The third-order valence-electron chi connectivity index (χ3n) is 11.0. The van der Waals surface area contributed by atoms with Gasteiger partial charge in [-0.05, 0) is 0 Å². The van der Waals surface area contributed by atoms with Crippen molar-refractivity contribution in [2.45, 2.75) is 161 Å². The first-order valence-corrected chi connectivity index (χ1v) is 19.4. The van der Waals surface area contributed by atoms with Crippen LogP contribution >= 0.6 is 0 Å². The molecule has 0 aliphatic carbocycles. The number of aliphatic hydroxyl groups is 14. The maximum absolute atomic E-state index is 13.1. The molecular weight excluding hydrogens is 868 g/mol. The van der Waals surface area contributed by atoms with E-state index < -0.39 is 197 Å². The number of rotatable bonds is 18. The number of carboxylic acid groups (broad SMARTS) is 2. The number of aliphatic hydroxyl groups excluding tert-OH is 14. The minimum atomic E-state index is -3.33. The van der Waals surface area contributed by atoms with Gasteiger partial charge in [-0.3, -0.25) is 9.59 Å². The summed E-state index contributed by atoms with van der Waals surface area (Å²) in [5.74, 6) is -12.6. The zero-order valence-corrected chi connectivity index (χ0v) is 33.4. The lowest BCUT2D eigenvalue weighted by Gasteiger charge is -2.51. The fourth-order valence-electron chi connectivity index (χ4n) is 7.76. The van der Waals surface area contributed by atoms with Crippen molar-refractivity contribution in [1.82, 2.24) is 10.6 Å². The van der Waals surface area contributed by atoms with Gasteiger partial charge in [0.2, 0.25) is 11.8 Å². The van der Waals surface area contributed by atoms with E-state index >= 15 is 0 Å². The molecule has 4 saturated heterocycles. The summed E-state index contributed by atoms with van der Waals surface area (Å²) in [5, 5.41) is 173. The quantitative estimate of drug-likeness (QED) is 0.0607. The topological polar surface area (TPSA) is 481 Å². The number of nitrogens with one attached hydrogen (secondary N) is 2. The Morgan fingerprint density at radius 1 is 0.651 bits per heavy atom. The highest BCUT2D eigenvalue weighted by Crippen LogP contribution is 2.40. The number of hydrogen-bond donors (Lipinski definition) is 18. The van der Waals surface area contributed by atoms with Crippen molar-refractivity contribution in [3.05, 3.63) is 0 Å². The fraction of sp³-hybridized carbons (Fsp3) is 0.882. The van der Waals surface area contributed by atoms with Gasteiger partial charge in [-0.15, -0.1) is 0 Å². The highest BCUT2D eigenvalue weighted by molar-refractivity contribution is 5.77. The van der Waals surface area contributed by atoms with Crippen LogP contribution < -0.4 is 10.6 Å². The van der Waals surface area contributed by atoms with Gasteiger partial charge >= 0.3 is 11.9 Å². The SMILES string of the molecule is CC(=O)N[C@H]1[C@H]([C@H](O)[C@H](O)CO)O[C@@](O[C@H](CO)[C@@H](O)[C@@H]2O[C@@](O[C@H]3[C@@H](O)[C@@H](CO)O[C@H](O[C@H]4[C@H](O)[C@@H](O)[C@H](O)O[C@@H]4CO)[C@@H]3O)(C(=O)O)C[C@H](O)[C@H]2NC(C)=O)(C(=O)O)C[C@@H]1O. The van der Waals surface area contributed by atoms with Gasteiger partial charge < -0.3 is 125 Å². The highest BCUT2D eigenvalue weighted by Gasteiger charge is 2.62. The second kappa shape index (κ2) is 21.6. The third kappa shape index (κ3) is 11.2. The number of carbonyl (C=O) groups is 4. The van der Waals surface area contributed by atoms with Crippen molar-refractivity contribution < 1.29 is 134 Å². The second-order valence-electron chi connectivity index (χ2n) is 15.5. The molecule has 0 radical (unpaired) electrons. The molecule has 364 valence electrons. The lowest BCUT2D eigenvalue weighted by Crippen LogP contribution is -2.72. The van der Waals surface area contributed by atoms with Gasteiger partial charge in [-0.2, -0.15) is 0 Å². The molecule has 0 aromatic rings. The Kier molecular flexibility index (Phi) is 18.0. The highest BCUT2D eigenvalue weighted by atomic mass is 16.8. The summed E-state index contributed by atoms with van der Waals surface area (Å²) >= 11 is 0. The van der Waals surface area contributed by atoms with E-state index in [1.54, 1.807) is 0 Å². The number of ether oxygens (including phenoxy) is 7. The zero-order chi connectivity index (χ0) is 47.5. The van der Waals surface area contributed by atoms with Gasteiger partial charge in [0.05, 0.1) is 50.7 Å². The van der Waals surface area contributed by atoms with Gasteiger partial charge in [0.15, 0.2) is 12.6 Å². The standard InChI is InChI=1S/C34H56N2O27/c1-9(41)35-17-11(43)3-33(31(53)54,61-26(17)19(46)13(45)5-37)60-15(7-39)21(48)27-18(36-10(2)42)12(44)4-34(62-27,32(55)56)63-28-20(47)14(6-38)58-30(24(28)51)59-25-16(8-40)57-29(52)23(50)22(25)49/h11-30,37-40,43-52H,3-8H2,1-2H3,(H,35,41)(H,36,42)(H,53,54)(H,55,56)/t11-,12-,13+,14+,15+,16+,17+,18+,19+,20-,21+,22+,23+,24+,25+,26+,27+,28-,29+,30+,33+,34-/m0/s1. The molecule has 29 nitrogen and oxygen atoms in total. The molecule has 0 bridgehead atoms. The molecule has 4 aliphatic heterocycles. The van der Waals surface area contributed by atoms with Crippen LogP contribution in [0.1, 0.15) is 26.7 Å². The Morgan fingerprint density at radius 3 is 1.63 bits per heavy atom. The van der Waals surface area contributed by atoms with Crippen LogP contribution in [0.5, 0.6) is 0 Å². The first-order chi connectivity index (χ1) is 29.4. The van der Waals surface area contributed by atoms with Crippen LogP contribution in [-0.4, -0.2) is 266 Å². The van der Waals surface area contributed by atoms with E-state index in [1.807, 2.05) is 0 Å². The van der Waals surface area contributed by atoms with E-state index in [9.17, 15) is 101 Å². The van der Waals surface area contributed by atoms with E-state index in [0.29, 0.717) is 0 Å². The Bertz CT molecular complexity index is 1560. The maximum Gasteiger partial charge on any atom is 0.364 e. The van der Waals surface area contributed by atoms with E-state index in [0.717, 1.165) is 13.8 Å². The number of aliphatic carboxylic acids is 2. The molecule has 4 rings (SSSR count). The second-order valence-corrected chi connectivity index (χ2v) is 15.5. The lowest BCUT2D eigenvalue weighted by atomic mass is 9.87. The summed E-state index contributed by atoms with van der Waals surface area (Å²) in [6.07, 6.45) is -40.7. The molecule has 63 heavy (non-hydrogen) atoms. The summed E-state index contributed by atoms with van der Waals surface area (Å²) < 4.78 is 38.4. The smallest absolute Gasteiger partial charge is 0.364 e. The summed E-state index contributed by atoms with van der Waals surface area (Å²) in [6, 6.07) is -3.57. The Hall–Kier alpha value is -2.96. The van der Waals surface area contributed by atoms with Crippen molar-refractivity contribution >= 4 is 23.8 Å². The Morgan fingerprint density at radius 2 is 1.16 bits per heavy atom. The predicted molar refractivity (Wildman–Crippen MR) is 191 cm³/mol. The van der Waals surface area contributed by atoms with Crippen LogP contribution in [0.2, 0.25) is 0 Å². The molecule has 4 heterocycles. The first kappa shape index (κ1) is 52.7. The van der Waals surface area contributed by atoms with Crippen molar-refractivity contribution in [2.24, 2.45) is 0 Å². The summed E-state index contributed by atoms with van der Waals surface area (Å²) in [6.45, 7) is -2.75. The van der Waals surface area contributed by atoms with Crippen LogP contribution in [0.15, 0.2) is 0 Å². The summed E-state index contributed by atoms with van der Waals surface area (Å²) in [7, 11) is 0. The molecule has 0 unspecified atom stereocenters. The molecular formula is C34H56N2O27. The average molecular weight is 925 g/mol. The molecule has 0 saturated carbocycles. The molecule has 22 atom stereocenters. The fourth-order valence-corrected chi connectivity index (χ4v) is 7.76. The Balaban J connectivity index is 1.72. The lowest BCUT2D eigenvalue weighted by molar-refractivity contribution is -0.387. The summed E-state index contributed by atoms with van der Waals surface area (Å²) in [4.78, 5) is 50.3. The molecule has 0 aromatic heterocycles. The molecule has 18 N–H and O–H groups in total. The molecule has 4 fully saturated rings. The van der Waals surface area contributed by atoms with E-state index in [1.165, 1.54) is 0 Å². The monoisotopic (exact) mass is 924 g/mol. The van der Waals surface area contributed by atoms with Gasteiger partial charge in [0.25, 0.3) is 11.6 Å². The van der Waals surface area contributed by atoms with Crippen molar-refractivity contribution in [1.29, 1.82) is 0 Å². The van der Waals surface area contributed by atoms with Crippen molar-refractivity contribution in [3.8, 4) is 0 Å². The largest absolute Gasteiger partial charge is 0.477 e. The molecule has 0 spiro atoms. The zero-order valence-electron chi connectivity index (χ0n) is 33.4. The van der Waals surface area contributed by atoms with Gasteiger partial charge in [-0.1, -0.05) is 0 Å². The summed E-state index contributed by atoms with van der Waals surface area (Å²) in [5.41, 5.74) is 0. The maximum atomic E-state index is 13.1. The van der Waals surface area contributed by atoms with Gasteiger partial charge in [0, 0.05) is 26.7 Å².